The van der Waals surface area contributed by atoms with Crippen molar-refractivity contribution in [2.45, 2.75) is 12.8 Å². The minimum atomic E-state index is -3.40. The van der Waals surface area contributed by atoms with Gasteiger partial charge >= 0.3 is 0 Å². The van der Waals surface area contributed by atoms with Gasteiger partial charge in [-0.25, -0.2) is 17.1 Å². The van der Waals surface area contributed by atoms with Crippen LogP contribution in [-0.2, 0) is 21.2 Å². The van der Waals surface area contributed by atoms with Gasteiger partial charge in [-0.2, -0.15) is 0 Å². The number of hydrogen-bond donors (Lipinski definition) is 1. The van der Waals surface area contributed by atoms with E-state index in [0.717, 1.165) is 11.8 Å². The number of sulfonamides is 1. The lowest BCUT2D eigenvalue weighted by atomic mass is 10.1. The summed E-state index contributed by atoms with van der Waals surface area (Å²) in [5.74, 6) is -0.557. The summed E-state index contributed by atoms with van der Waals surface area (Å²) in [7, 11) is -3.40. The Hall–Kier alpha value is -1.73. The van der Waals surface area contributed by atoms with Crippen LogP contribution in [0.25, 0.3) is 0 Å². The van der Waals surface area contributed by atoms with Crippen molar-refractivity contribution in [2.24, 2.45) is 0 Å². The Kier molecular flexibility index (Phi) is 7.20. The number of rotatable bonds is 9. The molecule has 1 aromatic carbocycles. The first-order valence-electron chi connectivity index (χ1n) is 6.90. The van der Waals surface area contributed by atoms with Crippen molar-refractivity contribution in [3.63, 3.8) is 0 Å². The van der Waals surface area contributed by atoms with Crippen LogP contribution in [0, 0.1) is 5.82 Å². The highest BCUT2D eigenvalue weighted by molar-refractivity contribution is 7.88. The highest BCUT2D eigenvalue weighted by atomic mass is 32.2. The first kappa shape index (κ1) is 18.3. The Balaban J connectivity index is 2.56. The second-order valence-corrected chi connectivity index (χ2v) is 6.86. The van der Waals surface area contributed by atoms with Crippen LogP contribution in [0.1, 0.15) is 12.0 Å². The third-order valence-corrected chi connectivity index (χ3v) is 4.37. The molecule has 0 spiro atoms. The van der Waals surface area contributed by atoms with E-state index in [9.17, 15) is 17.6 Å². The van der Waals surface area contributed by atoms with E-state index in [-0.39, 0.29) is 31.2 Å². The van der Waals surface area contributed by atoms with E-state index in [1.165, 1.54) is 16.4 Å². The molecule has 122 valence electrons. The maximum atomic E-state index is 12.8. The molecule has 0 aliphatic heterocycles. The van der Waals surface area contributed by atoms with Crippen LogP contribution >= 0.6 is 0 Å². The Labute approximate surface area is 130 Å². The lowest BCUT2D eigenvalue weighted by Gasteiger charge is -2.19. The molecule has 0 saturated carbocycles. The first-order chi connectivity index (χ1) is 10.3. The summed E-state index contributed by atoms with van der Waals surface area (Å²) in [5, 5.41) is 2.60. The van der Waals surface area contributed by atoms with E-state index in [0.29, 0.717) is 13.0 Å². The zero-order chi connectivity index (χ0) is 16.6. The van der Waals surface area contributed by atoms with Crippen LogP contribution in [0.5, 0.6) is 0 Å². The van der Waals surface area contributed by atoms with E-state index in [4.69, 9.17) is 0 Å². The Morgan fingerprint density at radius 3 is 2.50 bits per heavy atom. The maximum absolute atomic E-state index is 12.8. The number of carbonyl (C=O) groups excluding carboxylic acids is 1. The van der Waals surface area contributed by atoms with Crippen LogP contribution in [0.15, 0.2) is 36.9 Å². The molecule has 0 radical (unpaired) electrons. The van der Waals surface area contributed by atoms with Crippen molar-refractivity contribution in [1.82, 2.24) is 9.62 Å². The largest absolute Gasteiger partial charge is 0.353 e. The quantitative estimate of drug-likeness (QED) is 0.695. The van der Waals surface area contributed by atoms with Crippen molar-refractivity contribution < 1.29 is 17.6 Å². The fourth-order valence-electron chi connectivity index (χ4n) is 1.85. The average Bonchev–Trinajstić information content (AvgIpc) is 2.45. The molecule has 0 bridgehead atoms. The van der Waals surface area contributed by atoms with Gasteiger partial charge in [-0.15, -0.1) is 6.58 Å². The maximum Gasteiger partial charge on any atom is 0.221 e. The van der Waals surface area contributed by atoms with Crippen LogP contribution in [0.3, 0.4) is 0 Å². The second-order valence-electron chi connectivity index (χ2n) is 4.88. The smallest absolute Gasteiger partial charge is 0.221 e. The highest BCUT2D eigenvalue weighted by Crippen LogP contribution is 2.07. The van der Waals surface area contributed by atoms with E-state index >= 15 is 0 Å². The van der Waals surface area contributed by atoms with Gasteiger partial charge in [-0.3, -0.25) is 4.79 Å². The van der Waals surface area contributed by atoms with Gasteiger partial charge in [0.2, 0.25) is 15.9 Å². The van der Waals surface area contributed by atoms with Crippen molar-refractivity contribution >= 4 is 15.9 Å². The van der Waals surface area contributed by atoms with E-state index in [1.807, 2.05) is 0 Å². The van der Waals surface area contributed by atoms with Gasteiger partial charge in [0.15, 0.2) is 0 Å². The Bertz CT molecular complexity index is 600. The molecule has 0 unspecified atom stereocenters. The normalized spacial score (nSPS) is 11.4. The fourth-order valence-corrected chi connectivity index (χ4v) is 2.69. The lowest BCUT2D eigenvalue weighted by Crippen LogP contribution is -2.36. The molecule has 0 aliphatic rings. The van der Waals surface area contributed by atoms with Crippen molar-refractivity contribution in [1.29, 1.82) is 0 Å². The average molecular weight is 328 g/mol. The molecule has 1 N–H and O–H groups in total. The molecular formula is C15H21FN2O3S. The molecule has 0 fully saturated rings. The number of carbonyl (C=O) groups is 1. The SMILES string of the molecule is C=CCNC(=O)CCN(CCc1ccc(F)cc1)S(C)(=O)=O. The molecule has 0 heterocycles. The van der Waals surface area contributed by atoms with Crippen molar-refractivity contribution in [3.8, 4) is 0 Å². The standard InChI is InChI=1S/C15H21FN2O3S/c1-3-10-17-15(19)9-12-18(22(2,20)21)11-8-13-4-6-14(16)7-5-13/h3-7H,1,8-12H2,2H3,(H,17,19). The van der Waals surface area contributed by atoms with E-state index in [2.05, 4.69) is 11.9 Å². The lowest BCUT2D eigenvalue weighted by molar-refractivity contribution is -0.120. The number of amides is 1. The van der Waals surface area contributed by atoms with Crippen molar-refractivity contribution in [2.75, 3.05) is 25.9 Å². The van der Waals surface area contributed by atoms with Gasteiger partial charge in [0.1, 0.15) is 5.82 Å². The highest BCUT2D eigenvalue weighted by Gasteiger charge is 2.17. The minimum absolute atomic E-state index is 0.0876. The topological polar surface area (TPSA) is 66.5 Å². The summed E-state index contributed by atoms with van der Waals surface area (Å²) in [6, 6.07) is 5.91. The number of hydrogen-bond acceptors (Lipinski definition) is 3. The summed E-state index contributed by atoms with van der Waals surface area (Å²) >= 11 is 0. The minimum Gasteiger partial charge on any atom is -0.353 e. The Morgan fingerprint density at radius 2 is 1.95 bits per heavy atom. The molecule has 22 heavy (non-hydrogen) atoms. The van der Waals surface area contributed by atoms with E-state index < -0.39 is 10.0 Å². The van der Waals surface area contributed by atoms with Gasteiger partial charge < -0.3 is 5.32 Å². The van der Waals surface area contributed by atoms with Gasteiger partial charge in [-0.1, -0.05) is 18.2 Å². The molecular weight excluding hydrogens is 307 g/mol. The molecule has 0 atom stereocenters. The summed E-state index contributed by atoms with van der Waals surface area (Å²) in [4.78, 5) is 11.5. The molecule has 1 aromatic rings. The number of nitrogens with zero attached hydrogens (tertiary/aromatic N) is 1. The number of halogens is 1. The molecule has 5 nitrogen and oxygen atoms in total. The third-order valence-electron chi connectivity index (χ3n) is 3.06. The van der Waals surface area contributed by atoms with Gasteiger partial charge in [0, 0.05) is 26.1 Å². The predicted octanol–water partition coefficient (Wildman–Crippen LogP) is 1.32. The van der Waals surface area contributed by atoms with E-state index in [1.54, 1.807) is 18.2 Å². The molecule has 1 rings (SSSR count). The number of benzene rings is 1. The van der Waals surface area contributed by atoms with Gasteiger partial charge in [0.25, 0.3) is 0 Å². The fraction of sp³-hybridized carbons (Fsp3) is 0.400. The summed E-state index contributed by atoms with van der Waals surface area (Å²) in [6.07, 6.45) is 3.21. The molecule has 7 heteroatoms. The summed E-state index contributed by atoms with van der Waals surface area (Å²) in [6.45, 7) is 4.21. The van der Waals surface area contributed by atoms with Gasteiger partial charge in [-0.05, 0) is 24.1 Å². The summed E-state index contributed by atoms with van der Waals surface area (Å²) in [5.41, 5.74) is 0.839. The predicted molar refractivity (Wildman–Crippen MR) is 84.3 cm³/mol. The zero-order valence-electron chi connectivity index (χ0n) is 12.6. The van der Waals surface area contributed by atoms with Crippen LogP contribution in [0.2, 0.25) is 0 Å². The molecule has 0 saturated heterocycles. The number of nitrogens with one attached hydrogen (secondary N) is 1. The zero-order valence-corrected chi connectivity index (χ0v) is 13.4. The molecule has 0 aliphatic carbocycles. The first-order valence-corrected chi connectivity index (χ1v) is 8.75. The van der Waals surface area contributed by atoms with Crippen molar-refractivity contribution in [3.05, 3.63) is 48.3 Å². The molecule has 1 amide bonds. The van der Waals surface area contributed by atoms with Crippen LogP contribution in [0.4, 0.5) is 4.39 Å². The van der Waals surface area contributed by atoms with Crippen LogP contribution < -0.4 is 5.32 Å². The monoisotopic (exact) mass is 328 g/mol. The third kappa shape index (κ3) is 6.82. The van der Waals surface area contributed by atoms with Crippen LogP contribution in [-0.4, -0.2) is 44.5 Å². The van der Waals surface area contributed by atoms with Gasteiger partial charge in [0.05, 0.1) is 6.26 Å². The Morgan fingerprint density at radius 1 is 1.32 bits per heavy atom. The summed E-state index contributed by atoms with van der Waals surface area (Å²) < 4.78 is 37.6. The second kappa shape index (κ2) is 8.65. The molecule has 0 aromatic heterocycles.